The van der Waals surface area contributed by atoms with E-state index >= 15 is 0 Å². The Balaban J connectivity index is 1.74. The summed E-state index contributed by atoms with van der Waals surface area (Å²) in [6.07, 6.45) is 2.74. The lowest BCUT2D eigenvalue weighted by Crippen LogP contribution is -2.46. The zero-order valence-electron chi connectivity index (χ0n) is 10.9. The maximum absolute atomic E-state index is 9.97. The van der Waals surface area contributed by atoms with E-state index in [-0.39, 0.29) is 6.10 Å². The number of piperazine rings is 1. The summed E-state index contributed by atoms with van der Waals surface area (Å²) in [5, 5.41) is 11.1. The molecule has 1 fully saturated rings. The third kappa shape index (κ3) is 2.27. The van der Waals surface area contributed by atoms with Gasteiger partial charge in [0.05, 0.1) is 11.8 Å². The fourth-order valence-electron chi connectivity index (χ4n) is 2.77. The van der Waals surface area contributed by atoms with Gasteiger partial charge in [-0.1, -0.05) is 6.92 Å². The Morgan fingerprint density at radius 1 is 1.33 bits per heavy atom. The molecule has 1 aromatic rings. The normalized spacial score (nSPS) is 25.2. The molecule has 1 aliphatic carbocycles. The van der Waals surface area contributed by atoms with E-state index in [4.69, 9.17) is 0 Å². The van der Waals surface area contributed by atoms with Crippen LogP contribution in [0.2, 0.25) is 0 Å². The van der Waals surface area contributed by atoms with Crippen LogP contribution in [0.15, 0.2) is 0 Å². The third-order valence-electron chi connectivity index (χ3n) is 4.00. The highest BCUT2D eigenvalue weighted by Crippen LogP contribution is 2.36. The standard InChI is InChI=1S/C13H21N3OS/c1-2-15-6-8-16(9-7-15)13-14-12-10(17)4-3-5-11(12)18-13/h10,17H,2-9H2,1H3. The molecule has 1 unspecified atom stereocenters. The molecule has 100 valence electrons. The smallest absolute Gasteiger partial charge is 0.185 e. The van der Waals surface area contributed by atoms with Gasteiger partial charge in [0.2, 0.25) is 0 Å². The summed E-state index contributed by atoms with van der Waals surface area (Å²) in [4.78, 5) is 10.8. The van der Waals surface area contributed by atoms with Gasteiger partial charge in [-0.05, 0) is 25.8 Å². The Morgan fingerprint density at radius 2 is 2.11 bits per heavy atom. The number of aliphatic hydroxyl groups excluding tert-OH is 1. The van der Waals surface area contributed by atoms with E-state index < -0.39 is 0 Å². The van der Waals surface area contributed by atoms with Gasteiger partial charge in [0.25, 0.3) is 0 Å². The zero-order valence-corrected chi connectivity index (χ0v) is 11.7. The monoisotopic (exact) mass is 267 g/mol. The lowest BCUT2D eigenvalue weighted by atomic mass is 10.0. The van der Waals surface area contributed by atoms with Gasteiger partial charge in [-0.3, -0.25) is 0 Å². The number of aliphatic hydroxyl groups is 1. The predicted molar refractivity (Wildman–Crippen MR) is 74.3 cm³/mol. The summed E-state index contributed by atoms with van der Waals surface area (Å²) in [5.41, 5.74) is 0.958. The molecule has 1 aromatic heterocycles. The first-order chi connectivity index (χ1) is 8.78. The zero-order chi connectivity index (χ0) is 12.5. The van der Waals surface area contributed by atoms with Crippen molar-refractivity contribution in [1.82, 2.24) is 9.88 Å². The van der Waals surface area contributed by atoms with Crippen molar-refractivity contribution >= 4 is 16.5 Å². The Kier molecular flexibility index (Phi) is 3.54. The minimum atomic E-state index is -0.323. The average molecular weight is 267 g/mol. The van der Waals surface area contributed by atoms with Crippen molar-refractivity contribution < 1.29 is 5.11 Å². The van der Waals surface area contributed by atoms with Gasteiger partial charge >= 0.3 is 0 Å². The van der Waals surface area contributed by atoms with Crippen LogP contribution in [0, 0.1) is 0 Å². The van der Waals surface area contributed by atoms with Crippen molar-refractivity contribution in [1.29, 1.82) is 0 Å². The number of nitrogens with zero attached hydrogens (tertiary/aromatic N) is 3. The molecular formula is C13H21N3OS. The summed E-state index contributed by atoms with van der Waals surface area (Å²) in [6.45, 7) is 7.74. The molecule has 4 nitrogen and oxygen atoms in total. The summed E-state index contributed by atoms with van der Waals surface area (Å²) < 4.78 is 0. The number of aryl methyl sites for hydroxylation is 1. The largest absolute Gasteiger partial charge is 0.387 e. The summed E-state index contributed by atoms with van der Waals surface area (Å²) in [6, 6.07) is 0. The molecule has 0 aromatic carbocycles. The van der Waals surface area contributed by atoms with Crippen molar-refractivity contribution in [3.05, 3.63) is 10.6 Å². The van der Waals surface area contributed by atoms with Crippen LogP contribution in [0.1, 0.15) is 36.4 Å². The molecule has 0 radical (unpaired) electrons. The first kappa shape index (κ1) is 12.4. The second kappa shape index (κ2) is 5.15. The molecule has 0 bridgehead atoms. The molecule has 0 amide bonds. The number of likely N-dealkylation sites (N-methyl/N-ethyl adjacent to an activating group) is 1. The first-order valence-corrected chi connectivity index (χ1v) is 7.74. The van der Waals surface area contributed by atoms with Crippen LogP contribution in [0.3, 0.4) is 0 Å². The van der Waals surface area contributed by atoms with Crippen LogP contribution in [-0.2, 0) is 6.42 Å². The van der Waals surface area contributed by atoms with Gasteiger partial charge in [-0.25, -0.2) is 4.98 Å². The van der Waals surface area contributed by atoms with Gasteiger partial charge < -0.3 is 14.9 Å². The second-order valence-corrected chi connectivity index (χ2v) is 6.20. The topological polar surface area (TPSA) is 39.6 Å². The van der Waals surface area contributed by atoms with E-state index in [9.17, 15) is 5.11 Å². The molecule has 1 atom stereocenters. The molecule has 1 saturated heterocycles. The summed E-state index contributed by atoms with van der Waals surface area (Å²) >= 11 is 1.79. The number of hydrogen-bond donors (Lipinski definition) is 1. The minimum Gasteiger partial charge on any atom is -0.387 e. The fourth-order valence-corrected chi connectivity index (χ4v) is 3.98. The van der Waals surface area contributed by atoms with Crippen molar-refractivity contribution in [2.45, 2.75) is 32.3 Å². The molecule has 1 N–H and O–H groups in total. The molecule has 2 aliphatic rings. The minimum absolute atomic E-state index is 0.323. The number of aromatic nitrogens is 1. The molecular weight excluding hydrogens is 246 g/mol. The Labute approximate surface area is 112 Å². The summed E-state index contributed by atoms with van der Waals surface area (Å²) in [5.74, 6) is 0. The first-order valence-electron chi connectivity index (χ1n) is 6.93. The van der Waals surface area contributed by atoms with Crippen molar-refractivity contribution in [3.63, 3.8) is 0 Å². The number of rotatable bonds is 2. The maximum atomic E-state index is 9.97. The van der Waals surface area contributed by atoms with E-state index in [1.807, 2.05) is 0 Å². The molecule has 1 aliphatic heterocycles. The number of hydrogen-bond acceptors (Lipinski definition) is 5. The Hall–Kier alpha value is -0.650. The Bertz CT molecular complexity index is 412. The van der Waals surface area contributed by atoms with Crippen LogP contribution in [-0.4, -0.2) is 47.7 Å². The lowest BCUT2D eigenvalue weighted by molar-refractivity contribution is 0.153. The number of fused-ring (bicyclic) bond motifs is 1. The van der Waals surface area contributed by atoms with Gasteiger partial charge in [0, 0.05) is 31.1 Å². The van der Waals surface area contributed by atoms with Crippen LogP contribution < -0.4 is 4.90 Å². The highest BCUT2D eigenvalue weighted by molar-refractivity contribution is 7.15. The van der Waals surface area contributed by atoms with Crippen molar-refractivity contribution in [3.8, 4) is 0 Å². The average Bonchev–Trinajstić information content (AvgIpc) is 2.84. The van der Waals surface area contributed by atoms with Gasteiger partial charge in [0.1, 0.15) is 0 Å². The van der Waals surface area contributed by atoms with E-state index in [1.165, 1.54) is 4.88 Å². The third-order valence-corrected chi connectivity index (χ3v) is 5.20. The lowest BCUT2D eigenvalue weighted by Gasteiger charge is -2.33. The molecule has 3 rings (SSSR count). The molecule has 0 saturated carbocycles. The van der Waals surface area contributed by atoms with Crippen LogP contribution >= 0.6 is 11.3 Å². The molecule has 5 heteroatoms. The highest BCUT2D eigenvalue weighted by Gasteiger charge is 2.26. The van der Waals surface area contributed by atoms with Gasteiger partial charge in [-0.2, -0.15) is 0 Å². The van der Waals surface area contributed by atoms with E-state index in [0.717, 1.165) is 62.8 Å². The van der Waals surface area contributed by atoms with E-state index in [2.05, 4.69) is 21.7 Å². The number of thiazole rings is 1. The van der Waals surface area contributed by atoms with E-state index in [0.29, 0.717) is 0 Å². The highest BCUT2D eigenvalue weighted by atomic mass is 32.1. The van der Waals surface area contributed by atoms with Crippen LogP contribution in [0.5, 0.6) is 0 Å². The summed E-state index contributed by atoms with van der Waals surface area (Å²) in [7, 11) is 0. The second-order valence-electron chi connectivity index (χ2n) is 5.13. The maximum Gasteiger partial charge on any atom is 0.185 e. The molecule has 0 spiro atoms. The molecule has 2 heterocycles. The van der Waals surface area contributed by atoms with E-state index in [1.54, 1.807) is 11.3 Å². The Morgan fingerprint density at radius 3 is 2.78 bits per heavy atom. The quantitative estimate of drug-likeness (QED) is 0.884. The number of anilines is 1. The molecule has 18 heavy (non-hydrogen) atoms. The fraction of sp³-hybridized carbons (Fsp3) is 0.769. The van der Waals surface area contributed by atoms with Crippen molar-refractivity contribution in [2.75, 3.05) is 37.6 Å². The van der Waals surface area contributed by atoms with Gasteiger partial charge in [-0.15, -0.1) is 11.3 Å². The SMILES string of the molecule is CCN1CCN(c2nc3c(s2)CCCC3O)CC1. The van der Waals surface area contributed by atoms with Crippen LogP contribution in [0.25, 0.3) is 0 Å². The van der Waals surface area contributed by atoms with Crippen molar-refractivity contribution in [2.24, 2.45) is 0 Å². The van der Waals surface area contributed by atoms with Crippen LogP contribution in [0.4, 0.5) is 5.13 Å². The van der Waals surface area contributed by atoms with Gasteiger partial charge in [0.15, 0.2) is 5.13 Å². The predicted octanol–water partition coefficient (Wildman–Crippen LogP) is 1.65.